The number of piperidine rings is 1. The SMILES string of the molecule is C=C(C=C(C=CF)C(F)(F)F)C(C)N(C)C(=O)N1C(c2ccc(F)cc2C)C(O)(O)C(NC(O)(O)C(O)(O)N(C2OC2C)C(O)(O)C(O)O)C(O)(O)C1(O)O. The largest absolute Gasteiger partial charge is 0.416 e. The van der Waals surface area contributed by atoms with Crippen molar-refractivity contribution in [2.75, 3.05) is 7.05 Å². The van der Waals surface area contributed by atoms with Gasteiger partial charge in [0.2, 0.25) is 12.1 Å². The van der Waals surface area contributed by atoms with Gasteiger partial charge >= 0.3 is 24.0 Å². The van der Waals surface area contributed by atoms with Gasteiger partial charge < -0.3 is 81.1 Å². The third-order valence-electron chi connectivity index (χ3n) is 9.16. The first-order chi connectivity index (χ1) is 24.6. The fraction of sp³-hybridized carbons (Fsp3) is 0.567. The van der Waals surface area contributed by atoms with Crippen LogP contribution in [0, 0.1) is 12.7 Å². The molecule has 2 heterocycles. The summed E-state index contributed by atoms with van der Waals surface area (Å²) in [5, 5.41) is 152. The monoisotopic (exact) mass is 808 g/mol. The van der Waals surface area contributed by atoms with Crippen LogP contribution < -0.4 is 5.32 Å². The maximum absolute atomic E-state index is 14.2. The summed E-state index contributed by atoms with van der Waals surface area (Å²) in [6.45, 7) is 6.50. The third kappa shape index (κ3) is 8.11. The van der Waals surface area contributed by atoms with Crippen LogP contribution in [0.25, 0.3) is 0 Å². The molecule has 1 aromatic rings. The summed E-state index contributed by atoms with van der Waals surface area (Å²) in [5.41, 5.74) is -3.34. The molecule has 3 rings (SSSR count). The number of nitrogens with one attached hydrogen (secondary N) is 1. The van der Waals surface area contributed by atoms with E-state index in [2.05, 4.69) is 6.58 Å². The standard InChI is InChI=1S/C30H41F5N4O16/c1-12(10-16(8-9-31)26(33,34)35)14(3)37(5)23(42)38-19(18-7-6-17(32)11-13(18)2)24(43,44)21(25(45,46)29(38,51)52)36-28(49,50)30(53,54)39(20-15(4)55-20)27(47,48)22(40)41/h6-11,14-15,19-22,36,40-41,43-54H,1H2,2-5H3. The number of hydrogen-bond acceptors (Lipinski definition) is 18. The number of urea groups is 1. The Morgan fingerprint density at radius 2 is 1.58 bits per heavy atom. The highest BCUT2D eigenvalue weighted by Gasteiger charge is 2.76. The number of aliphatic hydroxyl groups is 14. The number of nitrogens with zero attached hydrogens (tertiary/aromatic N) is 3. The van der Waals surface area contributed by atoms with Gasteiger partial charge in [0.05, 0.1) is 24.0 Å². The number of aliphatic hydroxyl groups excluding tert-OH is 1. The van der Waals surface area contributed by atoms with Gasteiger partial charge in [0.1, 0.15) is 24.1 Å². The highest BCUT2D eigenvalue weighted by molar-refractivity contribution is 5.77. The number of carbonyl (C=O) groups excluding carboxylic acids is 1. The Balaban J connectivity index is 2.25. The van der Waals surface area contributed by atoms with Crippen LogP contribution in [-0.2, 0) is 4.74 Å². The smallest absolute Gasteiger partial charge is 0.363 e. The molecule has 0 saturated carbocycles. The number of alkyl halides is 3. The van der Waals surface area contributed by atoms with E-state index in [1.807, 2.05) is 0 Å². The number of carbonyl (C=O) groups is 1. The number of ether oxygens (including phenoxy) is 1. The average Bonchev–Trinajstić information content (AvgIpc) is 3.74. The molecule has 0 aliphatic carbocycles. The van der Waals surface area contributed by atoms with Crippen LogP contribution in [0.5, 0.6) is 0 Å². The Bertz CT molecular complexity index is 1690. The molecule has 2 amide bonds. The van der Waals surface area contributed by atoms with E-state index in [0.717, 1.165) is 33.1 Å². The highest BCUT2D eigenvalue weighted by Crippen LogP contribution is 2.50. The number of amides is 2. The van der Waals surface area contributed by atoms with Crippen molar-refractivity contribution in [3.63, 3.8) is 0 Å². The second kappa shape index (κ2) is 14.9. The summed E-state index contributed by atoms with van der Waals surface area (Å²) in [6.07, 6.45) is -12.1. The molecule has 15 N–H and O–H groups in total. The zero-order chi connectivity index (χ0) is 42.8. The zero-order valence-corrected chi connectivity index (χ0v) is 28.9. The average molecular weight is 809 g/mol. The Morgan fingerprint density at radius 3 is 2.02 bits per heavy atom. The molecule has 55 heavy (non-hydrogen) atoms. The number of aryl methyl sites for hydroxylation is 1. The maximum atomic E-state index is 14.2. The Morgan fingerprint density at radius 1 is 1.05 bits per heavy atom. The minimum Gasteiger partial charge on any atom is -0.363 e. The van der Waals surface area contributed by atoms with Crippen LogP contribution in [0.4, 0.5) is 26.7 Å². The van der Waals surface area contributed by atoms with Gasteiger partial charge in [-0.2, -0.15) is 18.1 Å². The molecule has 2 aliphatic rings. The van der Waals surface area contributed by atoms with Crippen molar-refractivity contribution in [1.82, 2.24) is 20.0 Å². The molecule has 0 spiro atoms. The molecule has 25 heteroatoms. The zero-order valence-electron chi connectivity index (χ0n) is 28.9. The lowest BCUT2D eigenvalue weighted by atomic mass is 9.78. The van der Waals surface area contributed by atoms with Crippen molar-refractivity contribution in [2.24, 2.45) is 0 Å². The van der Waals surface area contributed by atoms with Gasteiger partial charge in [0.15, 0.2) is 0 Å². The Labute approximate surface area is 306 Å². The van der Waals surface area contributed by atoms with Crippen molar-refractivity contribution in [3.8, 4) is 0 Å². The van der Waals surface area contributed by atoms with Crippen LogP contribution in [-0.4, -0.2) is 171 Å². The summed E-state index contributed by atoms with van der Waals surface area (Å²) in [7, 11) is 0.756. The molecule has 1 aromatic carbocycles. The molecule has 5 atom stereocenters. The summed E-state index contributed by atoms with van der Waals surface area (Å²) in [4.78, 5) is 13.2. The number of halogens is 5. The number of hydrogen-bond donors (Lipinski definition) is 15. The number of likely N-dealkylation sites (N-methyl/N-ethyl adjacent to an activating group) is 1. The van der Waals surface area contributed by atoms with Crippen molar-refractivity contribution in [1.29, 1.82) is 0 Å². The summed E-state index contributed by atoms with van der Waals surface area (Å²) in [6, 6.07) is -8.14. The number of likely N-dealkylation sites (tertiary alicyclic amines) is 1. The summed E-state index contributed by atoms with van der Waals surface area (Å²) >= 11 is 0. The minimum absolute atomic E-state index is 0.00460. The van der Waals surface area contributed by atoms with E-state index in [9.17, 15) is 98.2 Å². The van der Waals surface area contributed by atoms with E-state index in [1.54, 1.807) is 0 Å². The first-order valence-electron chi connectivity index (χ1n) is 15.5. The first kappa shape index (κ1) is 46.1. The van der Waals surface area contributed by atoms with Crippen LogP contribution in [0.1, 0.15) is 31.0 Å². The topological polar surface area (TPSA) is 335 Å². The van der Waals surface area contributed by atoms with Crippen molar-refractivity contribution in [3.05, 3.63) is 71.4 Å². The molecular formula is C30H41F5N4O16. The quantitative estimate of drug-likeness (QED) is 0.0411. The number of epoxide rings is 1. The van der Waals surface area contributed by atoms with Gasteiger partial charge in [0, 0.05) is 7.05 Å². The van der Waals surface area contributed by atoms with E-state index >= 15 is 0 Å². The molecule has 20 nitrogen and oxygen atoms in total. The van der Waals surface area contributed by atoms with E-state index in [1.165, 1.54) is 0 Å². The molecule has 312 valence electrons. The molecule has 2 aliphatic heterocycles. The first-order valence-corrected chi connectivity index (χ1v) is 15.5. The molecular weight excluding hydrogens is 767 g/mol. The maximum Gasteiger partial charge on any atom is 0.416 e. The molecule has 2 fully saturated rings. The lowest BCUT2D eigenvalue weighted by Gasteiger charge is -2.60. The fourth-order valence-electron chi connectivity index (χ4n) is 5.79. The second-order valence-electron chi connectivity index (χ2n) is 13.0. The van der Waals surface area contributed by atoms with Crippen LogP contribution in [0.3, 0.4) is 0 Å². The molecule has 2 saturated heterocycles. The predicted molar refractivity (Wildman–Crippen MR) is 166 cm³/mol. The van der Waals surface area contributed by atoms with E-state index in [4.69, 9.17) is 4.74 Å². The number of allylic oxidation sites excluding steroid dienone is 2. The Kier molecular flexibility index (Phi) is 12.5. The van der Waals surface area contributed by atoms with Crippen molar-refractivity contribution < 1.29 is 103 Å². The summed E-state index contributed by atoms with van der Waals surface area (Å²) < 4.78 is 72.1. The highest BCUT2D eigenvalue weighted by atomic mass is 19.4. The lowest BCUT2D eigenvalue weighted by Crippen LogP contribution is -2.88. The third-order valence-corrected chi connectivity index (χ3v) is 9.16. The summed E-state index contributed by atoms with van der Waals surface area (Å²) in [5.74, 6) is -28.7. The van der Waals surface area contributed by atoms with Crippen LogP contribution in [0.15, 0.2) is 54.4 Å². The van der Waals surface area contributed by atoms with Gasteiger partial charge in [0.25, 0.3) is 17.6 Å². The van der Waals surface area contributed by atoms with Gasteiger partial charge in [-0.15, -0.1) is 0 Å². The van der Waals surface area contributed by atoms with Gasteiger partial charge in [-0.25, -0.2) is 18.9 Å². The number of benzene rings is 1. The predicted octanol–water partition coefficient (Wildman–Crippen LogP) is -4.31. The van der Waals surface area contributed by atoms with Crippen molar-refractivity contribution >= 4 is 6.03 Å². The van der Waals surface area contributed by atoms with Gasteiger partial charge in [-0.1, -0.05) is 12.6 Å². The fourth-order valence-corrected chi connectivity index (χ4v) is 5.79. The van der Waals surface area contributed by atoms with Crippen LogP contribution in [0.2, 0.25) is 0 Å². The number of rotatable bonds is 12. The molecule has 5 unspecified atom stereocenters. The molecule has 0 aromatic heterocycles. The Hall–Kier alpha value is -3.32. The minimum atomic E-state index is -5.16. The van der Waals surface area contributed by atoms with Crippen molar-refractivity contribution in [2.45, 2.75) is 98.9 Å². The van der Waals surface area contributed by atoms with E-state index < -0.39 is 123 Å². The van der Waals surface area contributed by atoms with Crippen LogP contribution >= 0.6 is 0 Å². The van der Waals surface area contributed by atoms with E-state index in [0.29, 0.717) is 23.1 Å². The normalized spacial score (nSPS) is 25.1. The van der Waals surface area contributed by atoms with E-state index in [-0.39, 0.29) is 17.7 Å². The van der Waals surface area contributed by atoms with Gasteiger partial charge in [-0.3, -0.25) is 4.90 Å². The molecule has 0 bridgehead atoms. The second-order valence-corrected chi connectivity index (χ2v) is 13.0. The molecule has 0 radical (unpaired) electrons. The van der Waals surface area contributed by atoms with Gasteiger partial charge in [-0.05, 0) is 61.8 Å². The lowest BCUT2D eigenvalue weighted by molar-refractivity contribution is -0.513.